The summed E-state index contributed by atoms with van der Waals surface area (Å²) in [5.41, 5.74) is 3.85. The molecule has 0 saturated heterocycles. The number of nitrogens with two attached hydrogens (primary N) is 1. The number of alkyl halides is 2. The normalized spacial score (nSPS) is 16.8. The van der Waals surface area contributed by atoms with Crippen molar-refractivity contribution in [1.82, 2.24) is 14.5 Å². The van der Waals surface area contributed by atoms with Gasteiger partial charge in [0.05, 0.1) is 16.6 Å². The van der Waals surface area contributed by atoms with Crippen LogP contribution < -0.4 is 11.3 Å². The van der Waals surface area contributed by atoms with Gasteiger partial charge < -0.3 is 20.3 Å². The molecule has 3 aromatic rings. The van der Waals surface area contributed by atoms with Gasteiger partial charge in [0, 0.05) is 24.2 Å². The number of carboxylic acid groups (broad SMARTS) is 1. The zero-order valence-electron chi connectivity index (χ0n) is 21.4. The Balaban J connectivity index is 1.59. The lowest BCUT2D eigenvalue weighted by atomic mass is 9.98. The number of benzene rings is 2. The van der Waals surface area contributed by atoms with Crippen LogP contribution in [-0.2, 0) is 28.1 Å². The van der Waals surface area contributed by atoms with Gasteiger partial charge in [0.2, 0.25) is 5.91 Å². The van der Waals surface area contributed by atoms with Crippen molar-refractivity contribution in [2.75, 3.05) is 0 Å². The number of carbonyl (C=O) groups is 2. The lowest BCUT2D eigenvalue weighted by Gasteiger charge is -2.37. The van der Waals surface area contributed by atoms with Crippen LogP contribution >= 0.6 is 0 Å². The van der Waals surface area contributed by atoms with E-state index in [0.717, 1.165) is 42.4 Å². The summed E-state index contributed by atoms with van der Waals surface area (Å²) < 4.78 is 32.4. The Morgan fingerprint density at radius 3 is 2.38 bits per heavy atom. The largest absolute Gasteiger partial charge is 0.481 e. The van der Waals surface area contributed by atoms with Crippen LogP contribution in [0.2, 0.25) is 0 Å². The molecule has 1 heterocycles. The van der Waals surface area contributed by atoms with Gasteiger partial charge in [-0.25, -0.2) is 4.98 Å². The first-order chi connectivity index (χ1) is 18.5. The molecule has 5 rings (SSSR count). The van der Waals surface area contributed by atoms with Crippen LogP contribution in [0.1, 0.15) is 67.3 Å². The van der Waals surface area contributed by atoms with E-state index in [1.54, 1.807) is 23.1 Å². The Kier molecular flexibility index (Phi) is 6.48. The second-order valence-electron chi connectivity index (χ2n) is 10.4. The van der Waals surface area contributed by atoms with E-state index in [4.69, 9.17) is 11.1 Å². The molecule has 2 saturated carbocycles. The summed E-state index contributed by atoms with van der Waals surface area (Å²) in [6.07, 6.45) is 4.10. The maximum absolute atomic E-state index is 15.6. The van der Waals surface area contributed by atoms with E-state index >= 15 is 8.78 Å². The van der Waals surface area contributed by atoms with Gasteiger partial charge in [-0.05, 0) is 43.4 Å². The zero-order chi connectivity index (χ0) is 28.1. The molecule has 2 fully saturated rings. The molecule has 9 nitrogen and oxygen atoms in total. The Hall–Kier alpha value is -4.15. The first kappa shape index (κ1) is 26.5. The minimum atomic E-state index is -3.72. The summed E-state index contributed by atoms with van der Waals surface area (Å²) >= 11 is 0. The van der Waals surface area contributed by atoms with Crippen LogP contribution in [0.5, 0.6) is 0 Å². The number of carboxylic acids is 1. The summed E-state index contributed by atoms with van der Waals surface area (Å²) in [5.74, 6) is -5.64. The zero-order valence-corrected chi connectivity index (χ0v) is 21.4. The number of hydrogen-bond donors (Lipinski definition) is 3. The number of nitrogen functional groups attached to an aromatic ring is 1. The number of carbonyl (C=O) groups excluding carboxylic acids is 1. The molecule has 2 aliphatic rings. The SMILES string of the molecule is Cn1c(=O)c(C(F)(F)c2ccc(C(=N)N)cc2)nc2cc(C3(N(C(=O)CC(=O)O)C4CCCC4)CC3)ccc21. The molecule has 2 aromatic carbocycles. The summed E-state index contributed by atoms with van der Waals surface area (Å²) in [6, 6.07) is 9.77. The third kappa shape index (κ3) is 4.55. The van der Waals surface area contributed by atoms with Crippen LogP contribution in [0.3, 0.4) is 0 Å². The van der Waals surface area contributed by atoms with Crippen molar-refractivity contribution in [2.45, 2.75) is 62.4 Å². The molecule has 1 amide bonds. The number of amides is 1. The quantitative estimate of drug-likeness (QED) is 0.228. The van der Waals surface area contributed by atoms with Gasteiger partial charge in [0.1, 0.15) is 12.3 Å². The lowest BCUT2D eigenvalue weighted by Crippen LogP contribution is -2.47. The Labute approximate surface area is 222 Å². The van der Waals surface area contributed by atoms with Crippen LogP contribution in [-0.4, -0.2) is 43.3 Å². The van der Waals surface area contributed by atoms with Crippen molar-refractivity contribution in [1.29, 1.82) is 5.41 Å². The first-order valence-electron chi connectivity index (χ1n) is 12.8. The van der Waals surface area contributed by atoms with Gasteiger partial charge in [-0.3, -0.25) is 19.8 Å². The number of aliphatic carboxylic acids is 1. The Morgan fingerprint density at radius 1 is 1.18 bits per heavy atom. The first-order valence-corrected chi connectivity index (χ1v) is 12.8. The van der Waals surface area contributed by atoms with Crippen molar-refractivity contribution >= 4 is 28.7 Å². The average molecular weight is 538 g/mol. The number of halogens is 2. The smallest absolute Gasteiger partial charge is 0.320 e. The maximum Gasteiger partial charge on any atom is 0.320 e. The Bertz CT molecular complexity index is 1540. The van der Waals surface area contributed by atoms with Crippen molar-refractivity contribution in [3.63, 3.8) is 0 Å². The molecule has 11 heteroatoms. The van der Waals surface area contributed by atoms with Crippen molar-refractivity contribution in [3.8, 4) is 0 Å². The van der Waals surface area contributed by atoms with E-state index in [-0.39, 0.29) is 23.0 Å². The van der Waals surface area contributed by atoms with Crippen molar-refractivity contribution in [3.05, 3.63) is 75.2 Å². The third-order valence-electron chi connectivity index (χ3n) is 7.92. The van der Waals surface area contributed by atoms with Gasteiger partial charge >= 0.3 is 11.9 Å². The van der Waals surface area contributed by atoms with Gasteiger partial charge in [-0.2, -0.15) is 8.78 Å². The summed E-state index contributed by atoms with van der Waals surface area (Å²) in [6.45, 7) is 0. The minimum Gasteiger partial charge on any atom is -0.481 e. The highest BCUT2D eigenvalue weighted by molar-refractivity contribution is 5.95. The minimum absolute atomic E-state index is 0.0824. The van der Waals surface area contributed by atoms with E-state index in [1.165, 1.54) is 19.2 Å². The molecular formula is C28H29F2N5O4. The number of aromatic nitrogens is 2. The molecule has 2 aliphatic carbocycles. The number of fused-ring (bicyclic) bond motifs is 1. The van der Waals surface area contributed by atoms with Crippen LogP contribution in [0.15, 0.2) is 47.3 Å². The number of amidine groups is 1. The lowest BCUT2D eigenvalue weighted by molar-refractivity contribution is -0.147. The molecule has 0 spiro atoms. The van der Waals surface area contributed by atoms with E-state index < -0.39 is 46.6 Å². The molecule has 0 atom stereocenters. The van der Waals surface area contributed by atoms with Gasteiger partial charge in [0.15, 0.2) is 5.69 Å². The van der Waals surface area contributed by atoms with Gasteiger partial charge in [-0.15, -0.1) is 0 Å². The standard InChI is InChI=1S/C28H29F2N5O4/c1-34-21-11-10-18(27(12-13-27)35(19-4-2-3-5-19)22(36)15-23(37)38)14-20(21)33-24(26(34)39)28(29,30)17-8-6-16(7-9-17)25(31)32/h6-11,14,19H,2-5,12-13,15H2,1H3,(H3,31,32)(H,37,38). The fraction of sp³-hybridized carbons (Fsp3) is 0.393. The van der Waals surface area contributed by atoms with Gasteiger partial charge in [-0.1, -0.05) is 43.2 Å². The topological polar surface area (TPSA) is 142 Å². The van der Waals surface area contributed by atoms with Crippen LogP contribution in [0, 0.1) is 5.41 Å². The molecule has 0 radical (unpaired) electrons. The van der Waals surface area contributed by atoms with Crippen molar-refractivity contribution in [2.24, 2.45) is 12.8 Å². The average Bonchev–Trinajstić information content (AvgIpc) is 3.50. The summed E-state index contributed by atoms with van der Waals surface area (Å²) in [5, 5.41) is 16.8. The molecule has 0 aliphatic heterocycles. The maximum atomic E-state index is 15.6. The Morgan fingerprint density at radius 2 is 1.82 bits per heavy atom. The highest BCUT2D eigenvalue weighted by atomic mass is 19.3. The van der Waals surface area contributed by atoms with Gasteiger partial charge in [0.25, 0.3) is 5.56 Å². The highest BCUT2D eigenvalue weighted by Gasteiger charge is 2.54. The van der Waals surface area contributed by atoms with E-state index in [2.05, 4.69) is 4.98 Å². The van der Waals surface area contributed by atoms with E-state index in [1.807, 2.05) is 0 Å². The van der Waals surface area contributed by atoms with Crippen LogP contribution in [0.4, 0.5) is 8.78 Å². The second-order valence-corrected chi connectivity index (χ2v) is 10.4. The second kappa shape index (κ2) is 9.55. The number of nitrogens with one attached hydrogen (secondary N) is 1. The fourth-order valence-electron chi connectivity index (χ4n) is 5.78. The van der Waals surface area contributed by atoms with E-state index in [0.29, 0.717) is 23.9 Å². The molecule has 1 aromatic heterocycles. The fourth-order valence-corrected chi connectivity index (χ4v) is 5.78. The monoisotopic (exact) mass is 537 g/mol. The predicted octanol–water partition coefficient (Wildman–Crippen LogP) is 3.59. The summed E-state index contributed by atoms with van der Waals surface area (Å²) in [7, 11) is 1.40. The molecule has 0 bridgehead atoms. The number of aryl methyl sites for hydroxylation is 1. The number of hydrogen-bond acceptors (Lipinski definition) is 5. The highest BCUT2D eigenvalue weighted by Crippen LogP contribution is 2.54. The van der Waals surface area contributed by atoms with Crippen LogP contribution in [0.25, 0.3) is 11.0 Å². The molecular weight excluding hydrogens is 508 g/mol. The number of rotatable bonds is 8. The molecule has 0 unspecified atom stereocenters. The summed E-state index contributed by atoms with van der Waals surface area (Å²) in [4.78, 5) is 43.4. The molecule has 4 N–H and O–H groups in total. The molecule has 204 valence electrons. The molecule has 39 heavy (non-hydrogen) atoms. The predicted molar refractivity (Wildman–Crippen MR) is 140 cm³/mol. The van der Waals surface area contributed by atoms with E-state index in [9.17, 15) is 19.5 Å². The third-order valence-corrected chi connectivity index (χ3v) is 7.92. The van der Waals surface area contributed by atoms with Crippen molar-refractivity contribution < 1.29 is 23.5 Å². The number of nitrogens with zero attached hydrogens (tertiary/aromatic N) is 3.